The first kappa shape index (κ1) is 28.5. The summed E-state index contributed by atoms with van der Waals surface area (Å²) in [5.74, 6) is -0.867. The standard InChI is InChI=1S/C38H26F2O4/c1-23-3-5-31(21-35(23)39)25-7-11-27(12-8-25)37(41)43-33-17-15-30-20-34(18-16-29(30)19-33)44-38(42)28-13-9-26(10-14-28)32-6-4-24(2)36(40)22-32/h3-22H,1-2H3. The number of hydrogen-bond donors (Lipinski definition) is 0. The summed E-state index contributed by atoms with van der Waals surface area (Å²) in [6.45, 7) is 3.41. The van der Waals surface area contributed by atoms with E-state index in [2.05, 4.69) is 0 Å². The molecular weight excluding hydrogens is 558 g/mol. The van der Waals surface area contributed by atoms with Crippen molar-refractivity contribution in [3.63, 3.8) is 0 Å². The number of aryl methyl sites for hydroxylation is 2. The summed E-state index contributed by atoms with van der Waals surface area (Å²) in [5.41, 5.74) is 4.90. The second kappa shape index (κ2) is 11.9. The topological polar surface area (TPSA) is 52.6 Å². The first-order chi connectivity index (χ1) is 21.2. The second-order valence-corrected chi connectivity index (χ2v) is 10.5. The van der Waals surface area contributed by atoms with Crippen molar-refractivity contribution in [1.82, 2.24) is 0 Å². The van der Waals surface area contributed by atoms with Crippen LogP contribution in [0.5, 0.6) is 11.5 Å². The molecule has 216 valence electrons. The molecule has 0 aliphatic carbocycles. The van der Waals surface area contributed by atoms with E-state index in [1.807, 2.05) is 12.1 Å². The molecule has 0 radical (unpaired) electrons. The number of carbonyl (C=O) groups is 2. The van der Waals surface area contributed by atoms with Gasteiger partial charge in [0.05, 0.1) is 11.1 Å². The lowest BCUT2D eigenvalue weighted by molar-refractivity contribution is 0.0725. The quantitative estimate of drug-likeness (QED) is 0.145. The van der Waals surface area contributed by atoms with Crippen LogP contribution in [0.2, 0.25) is 0 Å². The van der Waals surface area contributed by atoms with E-state index >= 15 is 0 Å². The second-order valence-electron chi connectivity index (χ2n) is 10.5. The fourth-order valence-corrected chi connectivity index (χ4v) is 4.80. The van der Waals surface area contributed by atoms with Crippen LogP contribution < -0.4 is 9.47 Å². The highest BCUT2D eigenvalue weighted by atomic mass is 19.1. The maximum absolute atomic E-state index is 13.9. The van der Waals surface area contributed by atoms with E-state index in [-0.39, 0.29) is 11.6 Å². The Kier molecular flexibility index (Phi) is 7.73. The third-order valence-corrected chi connectivity index (χ3v) is 7.46. The normalized spacial score (nSPS) is 10.9. The van der Waals surface area contributed by atoms with Crippen LogP contribution >= 0.6 is 0 Å². The maximum Gasteiger partial charge on any atom is 0.343 e. The molecule has 0 unspecified atom stereocenters. The molecule has 6 aromatic carbocycles. The summed E-state index contributed by atoms with van der Waals surface area (Å²) in [6, 6.07) is 34.0. The molecule has 0 amide bonds. The predicted molar refractivity (Wildman–Crippen MR) is 167 cm³/mol. The van der Waals surface area contributed by atoms with E-state index in [1.54, 1.807) is 111 Å². The SMILES string of the molecule is Cc1ccc(-c2ccc(C(=O)Oc3ccc4cc(OC(=O)c5ccc(-c6ccc(C)c(F)c6)cc5)ccc4c3)cc2)cc1F. The van der Waals surface area contributed by atoms with Gasteiger partial charge >= 0.3 is 11.9 Å². The van der Waals surface area contributed by atoms with Crippen molar-refractivity contribution in [3.05, 3.63) is 155 Å². The van der Waals surface area contributed by atoms with E-state index in [0.717, 1.165) is 33.0 Å². The van der Waals surface area contributed by atoms with Crippen molar-refractivity contribution in [3.8, 4) is 33.8 Å². The van der Waals surface area contributed by atoms with Crippen LogP contribution in [0.25, 0.3) is 33.0 Å². The summed E-state index contributed by atoms with van der Waals surface area (Å²) in [7, 11) is 0. The molecule has 4 nitrogen and oxygen atoms in total. The number of ether oxygens (including phenoxy) is 2. The zero-order chi connectivity index (χ0) is 30.8. The molecule has 0 heterocycles. The number of esters is 2. The van der Waals surface area contributed by atoms with Gasteiger partial charge in [-0.25, -0.2) is 18.4 Å². The number of rotatable bonds is 6. The predicted octanol–water partition coefficient (Wildman–Crippen LogP) is 9.51. The molecule has 0 saturated carbocycles. The first-order valence-electron chi connectivity index (χ1n) is 13.9. The largest absolute Gasteiger partial charge is 0.423 e. The molecule has 6 aromatic rings. The number of fused-ring (bicyclic) bond motifs is 1. The molecule has 0 saturated heterocycles. The van der Waals surface area contributed by atoms with Crippen molar-refractivity contribution in [2.75, 3.05) is 0 Å². The van der Waals surface area contributed by atoms with Gasteiger partial charge in [0.15, 0.2) is 0 Å². The Morgan fingerprint density at radius 2 is 0.818 bits per heavy atom. The Balaban J connectivity index is 1.10. The van der Waals surface area contributed by atoms with Gasteiger partial charge in [-0.2, -0.15) is 0 Å². The van der Waals surface area contributed by atoms with Crippen molar-refractivity contribution in [1.29, 1.82) is 0 Å². The van der Waals surface area contributed by atoms with Gasteiger partial charge in [-0.05, 0) is 119 Å². The smallest absolute Gasteiger partial charge is 0.343 e. The number of hydrogen-bond acceptors (Lipinski definition) is 4. The summed E-state index contributed by atoms with van der Waals surface area (Å²) in [6.07, 6.45) is 0. The Morgan fingerprint density at radius 1 is 0.455 bits per heavy atom. The summed E-state index contributed by atoms with van der Waals surface area (Å²) in [5, 5.41) is 1.59. The molecule has 0 atom stereocenters. The number of benzene rings is 6. The van der Waals surface area contributed by atoms with Crippen LogP contribution in [0.1, 0.15) is 31.8 Å². The summed E-state index contributed by atoms with van der Waals surface area (Å²) >= 11 is 0. The Hall–Kier alpha value is -5.62. The van der Waals surface area contributed by atoms with Crippen LogP contribution in [0, 0.1) is 25.5 Å². The van der Waals surface area contributed by atoms with Crippen LogP contribution in [0.4, 0.5) is 8.78 Å². The van der Waals surface area contributed by atoms with Crippen LogP contribution in [0.3, 0.4) is 0 Å². The molecule has 0 fully saturated rings. The third kappa shape index (κ3) is 6.10. The van der Waals surface area contributed by atoms with Gasteiger partial charge in [0.1, 0.15) is 23.1 Å². The fourth-order valence-electron chi connectivity index (χ4n) is 4.80. The van der Waals surface area contributed by atoms with E-state index in [4.69, 9.17) is 9.47 Å². The minimum absolute atomic E-state index is 0.281. The Morgan fingerprint density at radius 3 is 1.18 bits per heavy atom. The van der Waals surface area contributed by atoms with Crippen molar-refractivity contribution >= 4 is 22.7 Å². The van der Waals surface area contributed by atoms with Gasteiger partial charge in [0.2, 0.25) is 0 Å². The molecule has 6 heteroatoms. The van der Waals surface area contributed by atoms with Gasteiger partial charge in [-0.15, -0.1) is 0 Å². The molecular formula is C38H26F2O4. The minimum atomic E-state index is -0.518. The van der Waals surface area contributed by atoms with E-state index in [1.165, 1.54) is 12.1 Å². The molecule has 44 heavy (non-hydrogen) atoms. The zero-order valence-corrected chi connectivity index (χ0v) is 23.9. The van der Waals surface area contributed by atoms with Crippen LogP contribution in [-0.2, 0) is 0 Å². The average Bonchev–Trinajstić information content (AvgIpc) is 3.04. The Labute approximate surface area is 253 Å². The molecule has 0 aliphatic rings. The van der Waals surface area contributed by atoms with Crippen molar-refractivity contribution < 1.29 is 27.8 Å². The lowest BCUT2D eigenvalue weighted by Gasteiger charge is -2.09. The maximum atomic E-state index is 13.9. The van der Waals surface area contributed by atoms with Gasteiger partial charge < -0.3 is 9.47 Å². The first-order valence-corrected chi connectivity index (χ1v) is 13.9. The number of carbonyl (C=O) groups excluding carboxylic acids is 2. The van der Waals surface area contributed by atoms with E-state index in [0.29, 0.717) is 33.8 Å². The minimum Gasteiger partial charge on any atom is -0.423 e. The highest BCUT2D eigenvalue weighted by Gasteiger charge is 2.13. The summed E-state index contributed by atoms with van der Waals surface area (Å²) < 4.78 is 39.1. The molecule has 0 bridgehead atoms. The van der Waals surface area contributed by atoms with Crippen LogP contribution in [0.15, 0.2) is 121 Å². The zero-order valence-electron chi connectivity index (χ0n) is 23.9. The molecule has 0 aromatic heterocycles. The molecule has 0 aliphatic heterocycles. The fraction of sp³-hybridized carbons (Fsp3) is 0.0526. The van der Waals surface area contributed by atoms with Gasteiger partial charge in [-0.1, -0.05) is 60.7 Å². The van der Waals surface area contributed by atoms with Crippen LogP contribution in [-0.4, -0.2) is 11.9 Å². The van der Waals surface area contributed by atoms with Gasteiger partial charge in [0.25, 0.3) is 0 Å². The highest BCUT2D eigenvalue weighted by molar-refractivity contribution is 5.94. The Bertz CT molecular complexity index is 1880. The van der Waals surface area contributed by atoms with Crippen molar-refractivity contribution in [2.24, 2.45) is 0 Å². The van der Waals surface area contributed by atoms with E-state index in [9.17, 15) is 18.4 Å². The monoisotopic (exact) mass is 584 g/mol. The average molecular weight is 585 g/mol. The van der Waals surface area contributed by atoms with Gasteiger partial charge in [-0.3, -0.25) is 0 Å². The van der Waals surface area contributed by atoms with Crippen molar-refractivity contribution in [2.45, 2.75) is 13.8 Å². The lowest BCUT2D eigenvalue weighted by atomic mass is 10.0. The number of halogens is 2. The lowest BCUT2D eigenvalue weighted by Crippen LogP contribution is -2.08. The van der Waals surface area contributed by atoms with Gasteiger partial charge in [0, 0.05) is 0 Å². The molecule has 0 spiro atoms. The third-order valence-electron chi connectivity index (χ3n) is 7.46. The molecule has 0 N–H and O–H groups in total. The highest BCUT2D eigenvalue weighted by Crippen LogP contribution is 2.28. The van der Waals surface area contributed by atoms with E-state index < -0.39 is 11.9 Å². The molecule has 6 rings (SSSR count). The summed E-state index contributed by atoms with van der Waals surface area (Å²) in [4.78, 5) is 25.6.